The lowest BCUT2D eigenvalue weighted by molar-refractivity contribution is -0.121. The van der Waals surface area contributed by atoms with Crippen LogP contribution in [-0.4, -0.2) is 23.0 Å². The van der Waals surface area contributed by atoms with E-state index in [4.69, 9.17) is 0 Å². The fraction of sp³-hybridized carbons (Fsp3) is 0.200. The van der Waals surface area contributed by atoms with E-state index in [2.05, 4.69) is 31.5 Å². The van der Waals surface area contributed by atoms with Crippen LogP contribution in [0.25, 0.3) is 0 Å². The molecular formula is C15H14BrF2N3O3. The van der Waals surface area contributed by atoms with Crippen LogP contribution in [0.3, 0.4) is 0 Å². The molecule has 0 aliphatic rings. The van der Waals surface area contributed by atoms with Gasteiger partial charge in [0.05, 0.1) is 6.42 Å². The molecule has 24 heavy (non-hydrogen) atoms. The Morgan fingerprint density at radius 1 is 1.29 bits per heavy atom. The first kappa shape index (κ1) is 17.9. The van der Waals surface area contributed by atoms with Crippen molar-refractivity contribution in [3.63, 3.8) is 0 Å². The first-order valence-electron chi connectivity index (χ1n) is 6.80. The van der Waals surface area contributed by atoms with Gasteiger partial charge in [-0.2, -0.15) is 8.78 Å². The molecule has 128 valence electrons. The van der Waals surface area contributed by atoms with E-state index in [9.17, 15) is 18.4 Å². The van der Waals surface area contributed by atoms with Crippen molar-refractivity contribution in [2.45, 2.75) is 13.0 Å². The fourth-order valence-corrected chi connectivity index (χ4v) is 2.54. The second kappa shape index (κ2) is 7.91. The molecule has 2 amide bonds. The molecule has 2 aromatic rings. The summed E-state index contributed by atoms with van der Waals surface area (Å²) in [5.74, 6) is -1.16. The van der Waals surface area contributed by atoms with Crippen molar-refractivity contribution in [1.29, 1.82) is 0 Å². The van der Waals surface area contributed by atoms with E-state index >= 15 is 0 Å². The molecule has 1 aromatic carbocycles. The molecule has 0 spiro atoms. The molecule has 0 atom stereocenters. The Bertz CT molecular complexity index is 749. The zero-order valence-corrected chi connectivity index (χ0v) is 14.1. The number of halogens is 3. The largest absolute Gasteiger partial charge is 0.435 e. The minimum absolute atomic E-state index is 0.0830. The minimum atomic E-state index is -2.98. The van der Waals surface area contributed by atoms with Gasteiger partial charge in [-0.05, 0) is 28.1 Å². The Morgan fingerprint density at radius 2 is 2.00 bits per heavy atom. The highest BCUT2D eigenvalue weighted by Gasteiger charge is 2.14. The number of ether oxygens (including phenoxy) is 1. The molecule has 0 fully saturated rings. The summed E-state index contributed by atoms with van der Waals surface area (Å²) in [6.07, 6.45) is 1.47. The number of carbonyl (C=O) groups excluding carboxylic acids is 2. The third-order valence-corrected chi connectivity index (χ3v) is 3.49. The van der Waals surface area contributed by atoms with Crippen LogP contribution in [0.1, 0.15) is 16.1 Å². The van der Waals surface area contributed by atoms with Gasteiger partial charge in [-0.3, -0.25) is 20.4 Å². The smallest absolute Gasteiger partial charge is 0.387 e. The number of hydrogen-bond donors (Lipinski definition) is 2. The monoisotopic (exact) mass is 401 g/mol. The Labute approximate surface area is 144 Å². The molecule has 0 saturated heterocycles. The second-order valence-corrected chi connectivity index (χ2v) is 5.74. The van der Waals surface area contributed by atoms with E-state index in [1.165, 1.54) is 18.2 Å². The molecular weight excluding hydrogens is 388 g/mol. The first-order valence-corrected chi connectivity index (χ1v) is 7.60. The average Bonchev–Trinajstić information content (AvgIpc) is 2.85. The topological polar surface area (TPSA) is 72.4 Å². The number of hydrogen-bond acceptors (Lipinski definition) is 3. The maximum Gasteiger partial charge on any atom is 0.387 e. The highest BCUT2D eigenvalue weighted by molar-refractivity contribution is 9.10. The van der Waals surface area contributed by atoms with Crippen molar-refractivity contribution >= 4 is 27.7 Å². The quantitative estimate of drug-likeness (QED) is 0.755. The van der Waals surface area contributed by atoms with E-state index in [0.29, 0.717) is 5.69 Å². The van der Waals surface area contributed by atoms with E-state index in [-0.39, 0.29) is 17.7 Å². The Kier molecular flexibility index (Phi) is 5.91. The minimum Gasteiger partial charge on any atom is -0.435 e. The number of benzene rings is 1. The average molecular weight is 402 g/mol. The lowest BCUT2D eigenvalue weighted by Gasteiger charge is -2.11. The summed E-state index contributed by atoms with van der Waals surface area (Å²) in [6, 6.07) is 7.55. The van der Waals surface area contributed by atoms with E-state index in [1.807, 2.05) is 0 Å². The number of hydrazine groups is 1. The lowest BCUT2D eigenvalue weighted by atomic mass is 10.1. The summed E-state index contributed by atoms with van der Waals surface area (Å²) in [5, 5.41) is 0. The van der Waals surface area contributed by atoms with Crippen molar-refractivity contribution in [3.8, 4) is 5.75 Å². The van der Waals surface area contributed by atoms with Crippen LogP contribution in [0, 0.1) is 0 Å². The Hall–Kier alpha value is -2.42. The van der Waals surface area contributed by atoms with Crippen LogP contribution in [0.4, 0.5) is 8.78 Å². The number of nitrogens with one attached hydrogen (secondary N) is 2. The number of aromatic nitrogens is 1. The normalized spacial score (nSPS) is 10.5. The standard InChI is InChI=1S/C15H14BrF2N3O3/c1-21-8-10(16)7-11(21)14(23)20-19-13(22)6-9-4-2-3-5-12(9)24-15(17)18/h2-5,7-8,15H,6H2,1H3,(H,19,22)(H,20,23). The molecule has 0 bridgehead atoms. The molecule has 1 aromatic heterocycles. The van der Waals surface area contributed by atoms with Crippen molar-refractivity contribution < 1.29 is 23.1 Å². The first-order chi connectivity index (χ1) is 11.4. The fourth-order valence-electron chi connectivity index (χ4n) is 2.02. The van der Waals surface area contributed by atoms with Crippen LogP contribution in [0.5, 0.6) is 5.75 Å². The Morgan fingerprint density at radius 3 is 2.62 bits per heavy atom. The van der Waals surface area contributed by atoms with Gasteiger partial charge in [0, 0.05) is 23.3 Å². The summed E-state index contributed by atoms with van der Waals surface area (Å²) in [5.41, 5.74) is 5.12. The zero-order chi connectivity index (χ0) is 17.7. The van der Waals surface area contributed by atoms with Gasteiger partial charge in [-0.15, -0.1) is 0 Å². The predicted octanol–water partition coefficient (Wildman–Crippen LogP) is 2.39. The van der Waals surface area contributed by atoms with Crippen LogP contribution in [0.15, 0.2) is 41.0 Å². The van der Waals surface area contributed by atoms with Crippen molar-refractivity contribution in [2.24, 2.45) is 7.05 Å². The molecule has 0 unspecified atom stereocenters. The molecule has 6 nitrogen and oxygen atoms in total. The van der Waals surface area contributed by atoms with Crippen molar-refractivity contribution in [1.82, 2.24) is 15.4 Å². The van der Waals surface area contributed by atoms with Crippen molar-refractivity contribution in [2.75, 3.05) is 0 Å². The Balaban J connectivity index is 1.94. The van der Waals surface area contributed by atoms with Crippen LogP contribution < -0.4 is 15.6 Å². The summed E-state index contributed by atoms with van der Waals surface area (Å²) >= 11 is 3.24. The summed E-state index contributed by atoms with van der Waals surface area (Å²) in [4.78, 5) is 23.8. The highest BCUT2D eigenvalue weighted by atomic mass is 79.9. The summed E-state index contributed by atoms with van der Waals surface area (Å²) in [7, 11) is 1.68. The van der Waals surface area contributed by atoms with Crippen LogP contribution in [0.2, 0.25) is 0 Å². The number of alkyl halides is 2. The lowest BCUT2D eigenvalue weighted by Crippen LogP contribution is -2.43. The molecule has 2 rings (SSSR count). The molecule has 0 aliphatic carbocycles. The van der Waals surface area contributed by atoms with Gasteiger partial charge in [0.25, 0.3) is 5.91 Å². The third-order valence-electron chi connectivity index (χ3n) is 3.06. The molecule has 2 N–H and O–H groups in total. The predicted molar refractivity (Wildman–Crippen MR) is 85.5 cm³/mol. The molecule has 0 radical (unpaired) electrons. The van der Waals surface area contributed by atoms with E-state index < -0.39 is 18.4 Å². The summed E-state index contributed by atoms with van der Waals surface area (Å²) < 4.78 is 31.3. The number of amides is 2. The number of nitrogens with zero attached hydrogens (tertiary/aromatic N) is 1. The molecule has 9 heteroatoms. The van der Waals surface area contributed by atoms with Gasteiger partial charge in [0.1, 0.15) is 11.4 Å². The van der Waals surface area contributed by atoms with Crippen molar-refractivity contribution in [3.05, 3.63) is 52.3 Å². The molecule has 0 aliphatic heterocycles. The zero-order valence-electron chi connectivity index (χ0n) is 12.6. The maximum atomic E-state index is 12.3. The van der Waals surface area contributed by atoms with Gasteiger partial charge in [0.2, 0.25) is 5.91 Å². The number of carbonyl (C=O) groups is 2. The van der Waals surface area contributed by atoms with Crippen LogP contribution in [-0.2, 0) is 18.3 Å². The van der Waals surface area contributed by atoms with Crippen LogP contribution >= 0.6 is 15.9 Å². The van der Waals surface area contributed by atoms with E-state index in [0.717, 1.165) is 4.47 Å². The third kappa shape index (κ3) is 4.79. The molecule has 1 heterocycles. The van der Waals surface area contributed by atoms with Gasteiger partial charge in [-0.25, -0.2) is 0 Å². The van der Waals surface area contributed by atoms with E-state index in [1.54, 1.807) is 29.9 Å². The van der Waals surface area contributed by atoms with Gasteiger partial charge < -0.3 is 9.30 Å². The second-order valence-electron chi connectivity index (χ2n) is 4.82. The molecule has 0 saturated carbocycles. The van der Waals surface area contributed by atoms with Gasteiger partial charge >= 0.3 is 6.61 Å². The number of para-hydroxylation sites is 1. The number of aryl methyl sites for hydroxylation is 1. The number of rotatable bonds is 5. The highest BCUT2D eigenvalue weighted by Crippen LogP contribution is 2.20. The van der Waals surface area contributed by atoms with Gasteiger partial charge in [0.15, 0.2) is 0 Å². The SMILES string of the molecule is Cn1cc(Br)cc1C(=O)NNC(=O)Cc1ccccc1OC(F)F. The van der Waals surface area contributed by atoms with Gasteiger partial charge in [-0.1, -0.05) is 18.2 Å². The maximum absolute atomic E-state index is 12.3. The summed E-state index contributed by atoms with van der Waals surface area (Å²) in [6.45, 7) is -2.98.